The van der Waals surface area contributed by atoms with Gasteiger partial charge in [-0.25, -0.2) is 14.4 Å². The molecule has 1 aliphatic rings. The lowest BCUT2D eigenvalue weighted by Crippen LogP contribution is -2.51. The molecule has 5 N–H and O–H groups in total. The number of hydrogen-bond acceptors (Lipinski definition) is 6. The van der Waals surface area contributed by atoms with Gasteiger partial charge in [0.15, 0.2) is 0 Å². The second-order valence-corrected chi connectivity index (χ2v) is 9.82. The van der Waals surface area contributed by atoms with Gasteiger partial charge in [-0.1, -0.05) is 0 Å². The number of aryl methyl sites for hydroxylation is 1. The Morgan fingerprint density at radius 3 is 2.50 bits per heavy atom. The highest BCUT2D eigenvalue weighted by atomic mass is 19.4. The van der Waals surface area contributed by atoms with Crippen molar-refractivity contribution in [2.45, 2.75) is 31.0 Å². The molecule has 4 aromatic rings. The number of primary amides is 1. The Morgan fingerprint density at radius 1 is 1.15 bits per heavy atom. The lowest BCUT2D eigenvalue weighted by Gasteiger charge is -2.31. The molecule has 2 aromatic carbocycles. The van der Waals surface area contributed by atoms with E-state index >= 15 is 0 Å². The fraction of sp³-hybridized carbons (Fsp3) is 0.259. The Labute approximate surface area is 224 Å². The van der Waals surface area contributed by atoms with Crippen LogP contribution in [0, 0.1) is 12.7 Å². The first-order valence-corrected chi connectivity index (χ1v) is 12.0. The number of aliphatic hydroxyl groups is 1. The number of pyridine rings is 1. The summed E-state index contributed by atoms with van der Waals surface area (Å²) < 4.78 is 62.8. The molecule has 5 rings (SSSR count). The highest BCUT2D eigenvalue weighted by Crippen LogP contribution is 2.47. The predicted molar refractivity (Wildman–Crippen MR) is 135 cm³/mol. The van der Waals surface area contributed by atoms with Crippen LogP contribution in [0.3, 0.4) is 0 Å². The maximum Gasteiger partial charge on any atom is 0.424 e. The average Bonchev–Trinajstić information content (AvgIpc) is 3.45. The van der Waals surface area contributed by atoms with Gasteiger partial charge >= 0.3 is 6.18 Å². The Hall–Kier alpha value is -4.52. The van der Waals surface area contributed by atoms with Gasteiger partial charge in [0.05, 0.1) is 23.3 Å². The number of alkyl halides is 3. The third kappa shape index (κ3) is 4.41. The summed E-state index contributed by atoms with van der Waals surface area (Å²) in [4.78, 5) is 36.4. The van der Waals surface area contributed by atoms with Gasteiger partial charge in [0.25, 0.3) is 5.91 Å². The molecular formula is C27H23F4N5O4. The first-order chi connectivity index (χ1) is 18.7. The van der Waals surface area contributed by atoms with Crippen molar-refractivity contribution in [3.8, 4) is 17.0 Å². The van der Waals surface area contributed by atoms with Crippen molar-refractivity contribution in [3.63, 3.8) is 0 Å². The van der Waals surface area contributed by atoms with Crippen LogP contribution in [0.4, 0.5) is 17.6 Å². The number of aromatic nitrogens is 3. The largest absolute Gasteiger partial charge is 0.489 e. The van der Waals surface area contributed by atoms with E-state index < -0.39 is 47.1 Å². The van der Waals surface area contributed by atoms with Crippen molar-refractivity contribution in [2.75, 3.05) is 13.2 Å². The SMILES string of the molecule is Cc1nc2cc(C(=O)NC[C@](O)(c3cc4c(c(-c5ccc(F)cc5)n3)OC[C@]4(C)C(N)=O)C(F)(F)F)ccc2[nH]1. The number of nitrogens with zero attached hydrogens (tertiary/aromatic N) is 2. The van der Waals surface area contributed by atoms with E-state index in [9.17, 15) is 32.3 Å². The van der Waals surface area contributed by atoms with Gasteiger partial charge in [0.1, 0.15) is 35.1 Å². The number of ether oxygens (including phenoxy) is 1. The summed E-state index contributed by atoms with van der Waals surface area (Å²) in [5.41, 5.74) is 0.489. The smallest absolute Gasteiger partial charge is 0.424 e. The predicted octanol–water partition coefficient (Wildman–Crippen LogP) is 3.39. The zero-order valence-electron chi connectivity index (χ0n) is 21.2. The molecule has 0 fully saturated rings. The molecule has 0 bridgehead atoms. The Kier molecular flexibility index (Phi) is 6.29. The highest BCUT2D eigenvalue weighted by Gasteiger charge is 2.57. The molecule has 0 saturated heterocycles. The van der Waals surface area contributed by atoms with E-state index in [-0.39, 0.29) is 34.7 Å². The maximum absolute atomic E-state index is 14.5. The van der Waals surface area contributed by atoms with Crippen LogP contribution in [0.15, 0.2) is 48.5 Å². The van der Waals surface area contributed by atoms with E-state index in [4.69, 9.17) is 10.5 Å². The van der Waals surface area contributed by atoms with Crippen LogP contribution < -0.4 is 15.8 Å². The zero-order chi connectivity index (χ0) is 29.0. The number of benzene rings is 2. The second-order valence-electron chi connectivity index (χ2n) is 9.82. The standard InChI is InChI=1S/C27H23F4N5O4/c1-13-34-18-8-5-15(9-19(18)35-13)23(37)33-11-26(39,27(29,30)31)20-10-17-22(40-12-25(17,2)24(32)38)21(36-20)14-3-6-16(28)7-4-14/h3-10,39H,11-12H2,1-2H3,(H2,32,38)(H,33,37)(H,34,35)/t25-,26-/m0/s1. The molecule has 3 heterocycles. The number of fused-ring (bicyclic) bond motifs is 2. The third-order valence-corrected chi connectivity index (χ3v) is 7.00. The lowest BCUT2D eigenvalue weighted by molar-refractivity contribution is -0.265. The van der Waals surface area contributed by atoms with Gasteiger partial charge in [-0.05, 0) is 62.4 Å². The molecule has 2 amide bonds. The Bertz CT molecular complexity index is 1650. The van der Waals surface area contributed by atoms with Crippen LogP contribution in [0.2, 0.25) is 0 Å². The molecule has 0 unspecified atom stereocenters. The number of H-pyrrole nitrogens is 1. The van der Waals surface area contributed by atoms with Crippen LogP contribution in [-0.2, 0) is 15.8 Å². The fourth-order valence-corrected chi connectivity index (χ4v) is 4.52. The second kappa shape index (κ2) is 9.30. The van der Waals surface area contributed by atoms with Gasteiger partial charge in [-0.3, -0.25) is 9.59 Å². The van der Waals surface area contributed by atoms with E-state index in [2.05, 4.69) is 20.3 Å². The lowest BCUT2D eigenvalue weighted by atomic mass is 9.81. The van der Waals surface area contributed by atoms with E-state index in [1.54, 1.807) is 13.0 Å². The van der Waals surface area contributed by atoms with E-state index in [0.717, 1.165) is 18.2 Å². The van der Waals surface area contributed by atoms with Crippen LogP contribution in [-0.4, -0.2) is 51.2 Å². The minimum absolute atomic E-state index is 0.0205. The van der Waals surface area contributed by atoms with Gasteiger partial charge in [0.2, 0.25) is 11.5 Å². The zero-order valence-corrected chi connectivity index (χ0v) is 21.2. The summed E-state index contributed by atoms with van der Waals surface area (Å²) >= 11 is 0. The van der Waals surface area contributed by atoms with Gasteiger partial charge in [0, 0.05) is 16.7 Å². The third-order valence-electron chi connectivity index (χ3n) is 7.00. The summed E-state index contributed by atoms with van der Waals surface area (Å²) in [6, 6.07) is 9.95. The van der Waals surface area contributed by atoms with Crippen molar-refractivity contribution >= 4 is 22.8 Å². The summed E-state index contributed by atoms with van der Waals surface area (Å²) in [5.74, 6) is -1.80. The minimum Gasteiger partial charge on any atom is -0.489 e. The molecule has 9 nitrogen and oxygen atoms in total. The topological polar surface area (TPSA) is 143 Å². The molecule has 2 aromatic heterocycles. The number of amides is 2. The van der Waals surface area contributed by atoms with E-state index in [0.29, 0.717) is 16.9 Å². The average molecular weight is 558 g/mol. The molecule has 1 aliphatic heterocycles. The number of carbonyl (C=O) groups excluding carboxylic acids is 2. The molecule has 13 heteroatoms. The van der Waals surface area contributed by atoms with Crippen molar-refractivity contribution < 1.29 is 37.0 Å². The number of carbonyl (C=O) groups is 2. The fourth-order valence-electron chi connectivity index (χ4n) is 4.52. The first kappa shape index (κ1) is 27.1. The summed E-state index contributed by atoms with van der Waals surface area (Å²) in [7, 11) is 0. The van der Waals surface area contributed by atoms with Gasteiger partial charge < -0.3 is 25.9 Å². The molecule has 0 spiro atoms. The molecular weight excluding hydrogens is 534 g/mol. The molecule has 2 atom stereocenters. The number of nitrogens with one attached hydrogen (secondary N) is 2. The maximum atomic E-state index is 14.5. The van der Waals surface area contributed by atoms with Crippen molar-refractivity contribution in [1.82, 2.24) is 20.3 Å². The number of halogens is 4. The van der Waals surface area contributed by atoms with Crippen molar-refractivity contribution in [2.24, 2.45) is 5.73 Å². The van der Waals surface area contributed by atoms with Crippen molar-refractivity contribution in [3.05, 3.63) is 77.0 Å². The molecule has 0 saturated carbocycles. The minimum atomic E-state index is -5.33. The van der Waals surface area contributed by atoms with E-state index in [1.165, 1.54) is 31.2 Å². The van der Waals surface area contributed by atoms with E-state index in [1.807, 2.05) is 0 Å². The molecule has 0 aliphatic carbocycles. The summed E-state index contributed by atoms with van der Waals surface area (Å²) in [5, 5.41) is 13.2. The number of aromatic amines is 1. The molecule has 0 radical (unpaired) electrons. The Balaban J connectivity index is 1.58. The monoisotopic (exact) mass is 557 g/mol. The summed E-state index contributed by atoms with van der Waals surface area (Å²) in [6.45, 7) is 1.50. The molecule has 40 heavy (non-hydrogen) atoms. The van der Waals surface area contributed by atoms with Crippen LogP contribution >= 0.6 is 0 Å². The quantitative estimate of drug-likeness (QED) is 0.268. The summed E-state index contributed by atoms with van der Waals surface area (Å²) in [6.07, 6.45) is -5.33. The first-order valence-electron chi connectivity index (χ1n) is 12.0. The van der Waals surface area contributed by atoms with Crippen LogP contribution in [0.1, 0.15) is 34.4 Å². The van der Waals surface area contributed by atoms with Crippen LogP contribution in [0.25, 0.3) is 22.3 Å². The Morgan fingerprint density at radius 2 is 1.85 bits per heavy atom. The number of rotatable bonds is 6. The van der Waals surface area contributed by atoms with Gasteiger partial charge in [-0.2, -0.15) is 13.2 Å². The van der Waals surface area contributed by atoms with Crippen LogP contribution in [0.5, 0.6) is 5.75 Å². The van der Waals surface area contributed by atoms with Crippen molar-refractivity contribution in [1.29, 1.82) is 0 Å². The number of nitrogens with two attached hydrogens (primary N) is 1. The number of hydrogen-bond donors (Lipinski definition) is 4. The normalized spacial score (nSPS) is 18.2. The van der Waals surface area contributed by atoms with Gasteiger partial charge in [-0.15, -0.1) is 0 Å². The highest BCUT2D eigenvalue weighted by molar-refractivity contribution is 5.97. The molecule has 208 valence electrons. The number of imidazole rings is 1.